The van der Waals surface area contributed by atoms with Crippen LogP contribution in [0.5, 0.6) is 0 Å². The molecule has 1 aromatic rings. The summed E-state index contributed by atoms with van der Waals surface area (Å²) < 4.78 is 27.5. The number of benzene rings is 1. The predicted molar refractivity (Wildman–Crippen MR) is 87.4 cm³/mol. The Morgan fingerprint density at radius 1 is 1.26 bits per heavy atom. The SMILES string of the molecule is O=C(COC(=O)C[C@H]1CCS(=O)(=O)C1)Nc1ccc(Cl)c(Cl)c1. The number of ether oxygens (including phenoxy) is 1. The molecule has 1 aliphatic rings. The van der Waals surface area contributed by atoms with E-state index in [1.807, 2.05) is 0 Å². The number of esters is 1. The van der Waals surface area contributed by atoms with Gasteiger partial charge in [0.05, 0.1) is 21.6 Å². The largest absolute Gasteiger partial charge is 0.456 e. The summed E-state index contributed by atoms with van der Waals surface area (Å²) in [6.07, 6.45) is 0.451. The second-order valence-corrected chi connectivity index (χ2v) is 8.35. The summed E-state index contributed by atoms with van der Waals surface area (Å²) in [6.45, 7) is -0.446. The van der Waals surface area contributed by atoms with E-state index in [1.54, 1.807) is 6.07 Å². The first-order valence-electron chi connectivity index (χ1n) is 6.86. The Bertz CT molecular complexity index is 720. The van der Waals surface area contributed by atoms with Gasteiger partial charge in [-0.05, 0) is 30.5 Å². The highest BCUT2D eigenvalue weighted by molar-refractivity contribution is 7.91. The highest BCUT2D eigenvalue weighted by Gasteiger charge is 2.29. The molecule has 0 aromatic heterocycles. The third-order valence-electron chi connectivity index (χ3n) is 3.35. The molecule has 1 aromatic carbocycles. The minimum Gasteiger partial charge on any atom is -0.456 e. The van der Waals surface area contributed by atoms with Crippen LogP contribution >= 0.6 is 23.2 Å². The number of amides is 1. The van der Waals surface area contributed by atoms with Gasteiger partial charge in [0.15, 0.2) is 16.4 Å². The van der Waals surface area contributed by atoms with Crippen LogP contribution in [0.3, 0.4) is 0 Å². The fourth-order valence-corrected chi connectivity index (χ4v) is 4.40. The lowest BCUT2D eigenvalue weighted by atomic mass is 10.1. The van der Waals surface area contributed by atoms with Crippen molar-refractivity contribution >= 4 is 50.6 Å². The lowest BCUT2D eigenvalue weighted by Gasteiger charge is -2.09. The van der Waals surface area contributed by atoms with Crippen molar-refractivity contribution in [3.63, 3.8) is 0 Å². The van der Waals surface area contributed by atoms with Gasteiger partial charge in [0.2, 0.25) is 0 Å². The van der Waals surface area contributed by atoms with Gasteiger partial charge < -0.3 is 10.1 Å². The third kappa shape index (κ3) is 5.67. The van der Waals surface area contributed by atoms with E-state index in [-0.39, 0.29) is 23.8 Å². The van der Waals surface area contributed by atoms with E-state index in [2.05, 4.69) is 5.32 Å². The van der Waals surface area contributed by atoms with Gasteiger partial charge in [0.1, 0.15) is 0 Å². The molecular formula is C14H15Cl2NO5S. The number of carbonyl (C=O) groups excluding carboxylic acids is 2. The zero-order valence-corrected chi connectivity index (χ0v) is 14.4. The third-order valence-corrected chi connectivity index (χ3v) is 5.93. The van der Waals surface area contributed by atoms with Crippen molar-refractivity contribution in [3.05, 3.63) is 28.2 Å². The van der Waals surface area contributed by atoms with Crippen molar-refractivity contribution in [1.82, 2.24) is 0 Å². The molecule has 0 saturated carbocycles. The molecule has 6 nitrogen and oxygen atoms in total. The predicted octanol–water partition coefficient (Wildman–Crippen LogP) is 2.30. The van der Waals surface area contributed by atoms with E-state index in [9.17, 15) is 18.0 Å². The van der Waals surface area contributed by atoms with Crippen molar-refractivity contribution in [2.45, 2.75) is 12.8 Å². The summed E-state index contributed by atoms with van der Waals surface area (Å²) in [4.78, 5) is 23.3. The molecule has 1 heterocycles. The molecule has 9 heteroatoms. The van der Waals surface area contributed by atoms with Gasteiger partial charge in [-0.1, -0.05) is 23.2 Å². The maximum Gasteiger partial charge on any atom is 0.306 e. The Kier molecular flexibility index (Phi) is 5.89. The maximum absolute atomic E-state index is 11.7. The molecule has 23 heavy (non-hydrogen) atoms. The molecule has 0 aliphatic carbocycles. The monoisotopic (exact) mass is 379 g/mol. The molecule has 1 N–H and O–H groups in total. The summed E-state index contributed by atoms with van der Waals surface area (Å²) in [7, 11) is -3.03. The molecule has 1 aliphatic heterocycles. The van der Waals surface area contributed by atoms with Gasteiger partial charge in [-0.15, -0.1) is 0 Å². The van der Waals surface area contributed by atoms with Crippen LogP contribution in [0, 0.1) is 5.92 Å². The summed E-state index contributed by atoms with van der Waals surface area (Å²) in [5.41, 5.74) is 0.433. The van der Waals surface area contributed by atoms with Crippen molar-refractivity contribution in [2.24, 2.45) is 5.92 Å². The molecule has 1 fully saturated rings. The van der Waals surface area contributed by atoms with E-state index < -0.39 is 28.3 Å². The van der Waals surface area contributed by atoms with Crippen LogP contribution in [0.1, 0.15) is 12.8 Å². The molecule has 0 unspecified atom stereocenters. The van der Waals surface area contributed by atoms with Gasteiger partial charge in [0.25, 0.3) is 5.91 Å². The van der Waals surface area contributed by atoms with Crippen LogP contribution in [0.2, 0.25) is 10.0 Å². The van der Waals surface area contributed by atoms with Gasteiger partial charge in [-0.3, -0.25) is 9.59 Å². The Morgan fingerprint density at radius 3 is 2.61 bits per heavy atom. The lowest BCUT2D eigenvalue weighted by molar-refractivity contribution is -0.148. The second kappa shape index (κ2) is 7.51. The summed E-state index contributed by atoms with van der Waals surface area (Å²) >= 11 is 11.6. The number of carbonyl (C=O) groups is 2. The number of hydrogen-bond acceptors (Lipinski definition) is 5. The van der Waals surface area contributed by atoms with Gasteiger partial charge in [0, 0.05) is 12.1 Å². The zero-order valence-electron chi connectivity index (χ0n) is 12.1. The van der Waals surface area contributed by atoms with Crippen LogP contribution in [0.4, 0.5) is 5.69 Å². The first-order valence-corrected chi connectivity index (χ1v) is 9.44. The van der Waals surface area contributed by atoms with Gasteiger partial charge in [-0.25, -0.2) is 8.42 Å². The highest BCUT2D eigenvalue weighted by Crippen LogP contribution is 2.25. The fraction of sp³-hybridized carbons (Fsp3) is 0.429. The average Bonchev–Trinajstić information content (AvgIpc) is 2.80. The molecule has 0 spiro atoms. The number of halogens is 2. The van der Waals surface area contributed by atoms with Crippen LogP contribution in [-0.2, 0) is 24.2 Å². The number of sulfone groups is 1. The first-order chi connectivity index (χ1) is 10.7. The molecule has 0 radical (unpaired) electrons. The lowest BCUT2D eigenvalue weighted by Crippen LogP contribution is -2.22. The van der Waals surface area contributed by atoms with Crippen LogP contribution < -0.4 is 5.32 Å². The fourth-order valence-electron chi connectivity index (χ4n) is 2.24. The highest BCUT2D eigenvalue weighted by atomic mass is 35.5. The topological polar surface area (TPSA) is 89.5 Å². The average molecular weight is 380 g/mol. The molecule has 1 amide bonds. The van der Waals surface area contributed by atoms with Crippen LogP contribution in [0.15, 0.2) is 18.2 Å². The van der Waals surface area contributed by atoms with E-state index in [1.165, 1.54) is 12.1 Å². The smallest absolute Gasteiger partial charge is 0.306 e. The van der Waals surface area contributed by atoms with Crippen molar-refractivity contribution < 1.29 is 22.7 Å². The summed E-state index contributed by atoms with van der Waals surface area (Å²) in [5, 5.41) is 3.18. The number of anilines is 1. The van der Waals surface area contributed by atoms with Crippen molar-refractivity contribution in [2.75, 3.05) is 23.4 Å². The molecule has 1 atom stereocenters. The Hall–Kier alpha value is -1.31. The van der Waals surface area contributed by atoms with Gasteiger partial charge in [-0.2, -0.15) is 0 Å². The second-order valence-electron chi connectivity index (χ2n) is 5.31. The van der Waals surface area contributed by atoms with Crippen LogP contribution in [0.25, 0.3) is 0 Å². The zero-order chi connectivity index (χ0) is 17.0. The normalized spacial score (nSPS) is 19.3. The van der Waals surface area contributed by atoms with E-state index in [0.29, 0.717) is 22.2 Å². The van der Waals surface area contributed by atoms with Crippen LogP contribution in [-0.4, -0.2) is 38.4 Å². The van der Waals surface area contributed by atoms with Gasteiger partial charge >= 0.3 is 5.97 Å². The van der Waals surface area contributed by atoms with E-state index in [4.69, 9.17) is 27.9 Å². The molecule has 1 saturated heterocycles. The number of hydrogen-bond donors (Lipinski definition) is 1. The molecule has 0 bridgehead atoms. The van der Waals surface area contributed by atoms with E-state index >= 15 is 0 Å². The van der Waals surface area contributed by atoms with E-state index in [0.717, 1.165) is 0 Å². The number of nitrogens with one attached hydrogen (secondary N) is 1. The molecule has 126 valence electrons. The standard InChI is InChI=1S/C14H15Cl2NO5S/c15-11-2-1-10(6-12(11)16)17-13(18)7-22-14(19)5-9-3-4-23(20,21)8-9/h1-2,6,9H,3-5,7-8H2,(H,17,18)/t9-/m1/s1. The van der Waals surface area contributed by atoms with Crippen molar-refractivity contribution in [3.8, 4) is 0 Å². The Balaban J connectivity index is 1.75. The first kappa shape index (κ1) is 18.0. The Morgan fingerprint density at radius 2 is 2.00 bits per heavy atom. The quantitative estimate of drug-likeness (QED) is 0.792. The maximum atomic E-state index is 11.7. The minimum atomic E-state index is -3.03. The Labute approximate surface area is 144 Å². The molecular weight excluding hydrogens is 365 g/mol. The van der Waals surface area contributed by atoms with Crippen molar-refractivity contribution in [1.29, 1.82) is 0 Å². The summed E-state index contributed by atoms with van der Waals surface area (Å²) in [5.74, 6) is -1.24. The summed E-state index contributed by atoms with van der Waals surface area (Å²) in [6, 6.07) is 4.58. The minimum absolute atomic E-state index is 0.000711. The number of rotatable bonds is 5. The molecule has 2 rings (SSSR count).